The van der Waals surface area contributed by atoms with Crippen LogP contribution < -0.4 is 0 Å². The number of ether oxygens (including phenoxy) is 1. The molecule has 0 aliphatic rings. The smallest absolute Gasteiger partial charge is 0.304 e. The van der Waals surface area contributed by atoms with Crippen molar-refractivity contribution in [3.05, 3.63) is 0 Å². The standard InChI is InChI=1S/C3H6O5/c1-3(4)6-2-7-8-5/h5H,2H2,1H3. The SMILES string of the molecule is CC(=O)OCOOO. The van der Waals surface area contributed by atoms with Gasteiger partial charge in [0.15, 0.2) is 0 Å². The summed E-state index contributed by atoms with van der Waals surface area (Å²) in [7, 11) is 0. The summed E-state index contributed by atoms with van der Waals surface area (Å²) in [5, 5.41) is 10.6. The molecule has 0 atom stereocenters. The van der Waals surface area contributed by atoms with Crippen molar-refractivity contribution in [2.75, 3.05) is 6.79 Å². The zero-order valence-electron chi connectivity index (χ0n) is 4.29. The molecule has 0 bridgehead atoms. The zero-order chi connectivity index (χ0) is 6.41. The van der Waals surface area contributed by atoms with E-state index in [0.29, 0.717) is 0 Å². The van der Waals surface area contributed by atoms with Gasteiger partial charge in [-0.3, -0.25) is 4.79 Å². The van der Waals surface area contributed by atoms with Crippen molar-refractivity contribution in [3.8, 4) is 0 Å². The molecule has 48 valence electrons. The van der Waals surface area contributed by atoms with E-state index < -0.39 is 12.8 Å². The first-order chi connectivity index (χ1) is 3.77. The normalized spacial score (nSPS) is 8.75. The lowest BCUT2D eigenvalue weighted by Gasteiger charge is -1.95. The number of hydrogen-bond acceptors (Lipinski definition) is 5. The van der Waals surface area contributed by atoms with E-state index >= 15 is 0 Å². The van der Waals surface area contributed by atoms with Crippen LogP contribution in [0.1, 0.15) is 6.92 Å². The lowest BCUT2D eigenvalue weighted by molar-refractivity contribution is -0.505. The first-order valence-corrected chi connectivity index (χ1v) is 1.83. The fraction of sp³-hybridized carbons (Fsp3) is 0.667. The summed E-state index contributed by atoms with van der Waals surface area (Å²) in [4.78, 5) is 13.6. The van der Waals surface area contributed by atoms with Gasteiger partial charge < -0.3 is 4.74 Å². The predicted molar refractivity (Wildman–Crippen MR) is 21.4 cm³/mol. The summed E-state index contributed by atoms with van der Waals surface area (Å²) < 4.78 is 4.14. The van der Waals surface area contributed by atoms with Gasteiger partial charge in [-0.1, -0.05) is 5.04 Å². The van der Waals surface area contributed by atoms with Gasteiger partial charge in [0.25, 0.3) is 0 Å². The third kappa shape index (κ3) is 5.35. The lowest BCUT2D eigenvalue weighted by atomic mass is 10.8. The molecule has 0 aromatic rings. The summed E-state index contributed by atoms with van der Waals surface area (Å²) in [6.07, 6.45) is 0. The molecule has 0 heterocycles. The first-order valence-electron chi connectivity index (χ1n) is 1.83. The van der Waals surface area contributed by atoms with Gasteiger partial charge in [-0.05, 0) is 0 Å². The van der Waals surface area contributed by atoms with Gasteiger partial charge in [0.1, 0.15) is 0 Å². The third-order valence-corrected chi connectivity index (χ3v) is 0.363. The Kier molecular flexibility index (Phi) is 4.14. The number of rotatable bonds is 3. The van der Waals surface area contributed by atoms with Gasteiger partial charge in [-0.2, -0.15) is 4.89 Å². The van der Waals surface area contributed by atoms with E-state index in [-0.39, 0.29) is 0 Å². The predicted octanol–water partition coefficient (Wildman–Crippen LogP) is -0.0718. The summed E-state index contributed by atoms with van der Waals surface area (Å²) >= 11 is 0. The minimum atomic E-state index is -0.498. The number of hydrogen-bond donors (Lipinski definition) is 1. The molecule has 0 rings (SSSR count). The van der Waals surface area contributed by atoms with E-state index in [1.165, 1.54) is 6.92 Å². The highest BCUT2D eigenvalue weighted by atomic mass is 17.5. The quantitative estimate of drug-likeness (QED) is 0.186. The van der Waals surface area contributed by atoms with Crippen LogP contribution in [0.4, 0.5) is 0 Å². The van der Waals surface area contributed by atoms with Crippen LogP contribution in [0.25, 0.3) is 0 Å². The van der Waals surface area contributed by atoms with Crippen LogP contribution in [-0.4, -0.2) is 18.0 Å². The van der Waals surface area contributed by atoms with Crippen molar-refractivity contribution >= 4 is 5.97 Å². The maximum Gasteiger partial charge on any atom is 0.304 e. The Hall–Kier alpha value is -0.650. The summed E-state index contributed by atoms with van der Waals surface area (Å²) in [6, 6.07) is 0. The largest absolute Gasteiger partial charge is 0.436 e. The molecular weight excluding hydrogens is 116 g/mol. The van der Waals surface area contributed by atoms with Crippen LogP contribution in [-0.2, 0) is 19.5 Å². The molecule has 0 amide bonds. The van der Waals surface area contributed by atoms with Gasteiger partial charge in [0.05, 0.1) is 0 Å². The Bertz CT molecular complexity index is 70.1. The van der Waals surface area contributed by atoms with Crippen molar-refractivity contribution in [1.82, 2.24) is 0 Å². The Balaban J connectivity index is 2.82. The van der Waals surface area contributed by atoms with Crippen LogP contribution in [0, 0.1) is 0 Å². The maximum atomic E-state index is 9.88. The minimum Gasteiger partial charge on any atom is -0.436 e. The number of esters is 1. The Morgan fingerprint density at radius 2 is 2.38 bits per heavy atom. The molecule has 5 heteroatoms. The highest BCUT2D eigenvalue weighted by Gasteiger charge is 1.89. The van der Waals surface area contributed by atoms with Crippen LogP contribution in [0.3, 0.4) is 0 Å². The van der Waals surface area contributed by atoms with E-state index in [0.717, 1.165) is 0 Å². The summed E-state index contributed by atoms with van der Waals surface area (Å²) in [6.45, 7) is 0.812. The van der Waals surface area contributed by atoms with Gasteiger partial charge in [0.2, 0.25) is 6.79 Å². The highest BCUT2D eigenvalue weighted by Crippen LogP contribution is 1.76. The molecule has 5 nitrogen and oxygen atoms in total. The zero-order valence-corrected chi connectivity index (χ0v) is 4.29. The van der Waals surface area contributed by atoms with Crippen LogP contribution in [0.15, 0.2) is 0 Å². The second kappa shape index (κ2) is 4.51. The average molecular weight is 122 g/mol. The van der Waals surface area contributed by atoms with Gasteiger partial charge in [-0.25, -0.2) is 5.26 Å². The molecule has 8 heavy (non-hydrogen) atoms. The van der Waals surface area contributed by atoms with Crippen molar-refractivity contribution < 1.29 is 24.7 Å². The second-order valence-corrected chi connectivity index (χ2v) is 0.946. The highest BCUT2D eigenvalue weighted by molar-refractivity contribution is 5.65. The Morgan fingerprint density at radius 1 is 1.75 bits per heavy atom. The fourth-order valence-electron chi connectivity index (χ4n) is 0.129. The second-order valence-electron chi connectivity index (χ2n) is 0.946. The lowest BCUT2D eigenvalue weighted by Crippen LogP contribution is -2.03. The number of carbonyl (C=O) groups is 1. The molecule has 0 saturated carbocycles. The van der Waals surface area contributed by atoms with Crippen molar-refractivity contribution in [2.45, 2.75) is 6.92 Å². The maximum absolute atomic E-state index is 9.88. The fourth-order valence-corrected chi connectivity index (χ4v) is 0.129. The molecule has 0 radical (unpaired) electrons. The van der Waals surface area contributed by atoms with E-state index in [1.807, 2.05) is 0 Å². The Labute approximate surface area is 45.6 Å². The molecule has 0 aliphatic carbocycles. The van der Waals surface area contributed by atoms with Crippen molar-refractivity contribution in [3.63, 3.8) is 0 Å². The van der Waals surface area contributed by atoms with Crippen LogP contribution in [0.2, 0.25) is 0 Å². The van der Waals surface area contributed by atoms with Gasteiger partial charge >= 0.3 is 5.97 Å². The molecule has 0 fully saturated rings. The van der Waals surface area contributed by atoms with Crippen molar-refractivity contribution in [1.29, 1.82) is 0 Å². The summed E-state index contributed by atoms with van der Waals surface area (Å²) in [5.74, 6) is -0.498. The molecule has 0 aromatic carbocycles. The first kappa shape index (κ1) is 7.35. The Morgan fingerprint density at radius 3 is 2.75 bits per heavy atom. The monoisotopic (exact) mass is 122 g/mol. The molecule has 0 saturated heterocycles. The molecular formula is C3H6O5. The average Bonchev–Trinajstić information content (AvgIpc) is 1.66. The third-order valence-electron chi connectivity index (χ3n) is 0.363. The topological polar surface area (TPSA) is 65.0 Å². The van der Waals surface area contributed by atoms with E-state index in [1.54, 1.807) is 0 Å². The van der Waals surface area contributed by atoms with Crippen molar-refractivity contribution in [2.24, 2.45) is 0 Å². The summed E-state index contributed by atoms with van der Waals surface area (Å²) in [5.41, 5.74) is 0. The van der Waals surface area contributed by atoms with E-state index in [9.17, 15) is 4.79 Å². The van der Waals surface area contributed by atoms with Crippen LogP contribution in [0.5, 0.6) is 0 Å². The molecule has 0 aromatic heterocycles. The van der Waals surface area contributed by atoms with Crippen LogP contribution >= 0.6 is 0 Å². The van der Waals surface area contributed by atoms with E-state index in [4.69, 9.17) is 5.26 Å². The number of carbonyl (C=O) groups excluding carboxylic acids is 1. The van der Waals surface area contributed by atoms with Gasteiger partial charge in [0, 0.05) is 6.92 Å². The molecule has 0 aliphatic heterocycles. The minimum absolute atomic E-state index is 0.397. The molecule has 1 N–H and O–H groups in total. The van der Waals surface area contributed by atoms with Gasteiger partial charge in [-0.15, -0.1) is 0 Å². The molecule has 0 spiro atoms. The molecule has 0 unspecified atom stereocenters. The van der Waals surface area contributed by atoms with E-state index in [2.05, 4.69) is 14.7 Å².